The number of carbonyl (C=O) groups excluding carboxylic acids is 2. The Kier molecular flexibility index (Phi) is 7.01. The average molecular weight is 480 g/mol. The first-order chi connectivity index (χ1) is 15.8. The molecule has 0 radical (unpaired) electrons. The fourth-order valence-electron chi connectivity index (χ4n) is 3.87. The lowest BCUT2D eigenvalue weighted by Gasteiger charge is -2.31. The number of nitrogens with two attached hydrogens (primary N) is 2. The molecule has 0 aliphatic carbocycles. The lowest BCUT2D eigenvalue weighted by molar-refractivity contribution is -0.137. The van der Waals surface area contributed by atoms with Gasteiger partial charge in [0.05, 0.1) is 11.1 Å². The third kappa shape index (κ3) is 5.93. The van der Waals surface area contributed by atoms with Gasteiger partial charge in [-0.15, -0.1) is 0 Å². The second kappa shape index (κ2) is 9.45. The minimum Gasteiger partial charge on any atom is -0.365 e. The van der Waals surface area contributed by atoms with Crippen LogP contribution < -0.4 is 27.0 Å². The van der Waals surface area contributed by atoms with E-state index in [4.69, 9.17) is 11.5 Å². The largest absolute Gasteiger partial charge is 0.416 e. The maximum atomic E-state index is 13.7. The summed E-state index contributed by atoms with van der Waals surface area (Å²) in [7, 11) is 0. The molecular formula is C22H28F3N7O2. The van der Waals surface area contributed by atoms with Gasteiger partial charge in [0.15, 0.2) is 0 Å². The number of hydrogen-bond acceptors (Lipinski definition) is 7. The van der Waals surface area contributed by atoms with E-state index < -0.39 is 29.1 Å². The van der Waals surface area contributed by atoms with E-state index in [1.54, 1.807) is 13.8 Å². The number of rotatable bonds is 6. The Balaban J connectivity index is 2.06. The van der Waals surface area contributed by atoms with Crippen LogP contribution in [-0.2, 0) is 16.5 Å². The van der Waals surface area contributed by atoms with Crippen LogP contribution in [0.15, 0.2) is 24.4 Å². The molecule has 2 amide bonds. The van der Waals surface area contributed by atoms with Crippen molar-refractivity contribution in [3.05, 3.63) is 41.1 Å². The molecule has 1 saturated heterocycles. The molecular weight excluding hydrogens is 451 g/mol. The van der Waals surface area contributed by atoms with Crippen molar-refractivity contribution in [3.63, 3.8) is 0 Å². The van der Waals surface area contributed by atoms with E-state index in [1.165, 1.54) is 19.2 Å². The SMILES string of the molecule is CC(=O)NC(C)(C)c1cc(Nc2nc(N3CCCC(N)C3)ncc2C(N)=O)cc(C(F)(F)F)c1. The number of benzene rings is 1. The number of nitrogens with one attached hydrogen (secondary N) is 2. The van der Waals surface area contributed by atoms with Gasteiger partial charge in [-0.2, -0.15) is 18.2 Å². The molecule has 1 atom stereocenters. The molecule has 1 aliphatic rings. The maximum absolute atomic E-state index is 13.7. The minimum absolute atomic E-state index is 0.0192. The topological polar surface area (TPSA) is 139 Å². The van der Waals surface area contributed by atoms with Gasteiger partial charge in [0, 0.05) is 37.9 Å². The Bertz CT molecular complexity index is 1090. The Morgan fingerprint density at radius 1 is 1.18 bits per heavy atom. The van der Waals surface area contributed by atoms with Crippen LogP contribution in [0.3, 0.4) is 0 Å². The Morgan fingerprint density at radius 2 is 1.85 bits per heavy atom. The van der Waals surface area contributed by atoms with Crippen LogP contribution in [0.1, 0.15) is 55.1 Å². The van der Waals surface area contributed by atoms with Crippen LogP contribution in [0.4, 0.5) is 30.6 Å². The molecule has 1 unspecified atom stereocenters. The van der Waals surface area contributed by atoms with Crippen LogP contribution in [0.5, 0.6) is 0 Å². The highest BCUT2D eigenvalue weighted by Gasteiger charge is 2.33. The fraction of sp³-hybridized carbons (Fsp3) is 0.455. The summed E-state index contributed by atoms with van der Waals surface area (Å²) in [6.07, 6.45) is -1.72. The number of amides is 2. The van der Waals surface area contributed by atoms with Gasteiger partial charge in [-0.1, -0.05) is 0 Å². The van der Waals surface area contributed by atoms with Gasteiger partial charge in [-0.05, 0) is 50.5 Å². The zero-order chi connectivity index (χ0) is 25.3. The Labute approximate surface area is 195 Å². The number of carbonyl (C=O) groups is 2. The van der Waals surface area contributed by atoms with Gasteiger partial charge in [-0.25, -0.2) is 4.98 Å². The van der Waals surface area contributed by atoms with Crippen molar-refractivity contribution in [2.75, 3.05) is 23.3 Å². The number of aromatic nitrogens is 2. The normalized spacial score (nSPS) is 16.8. The molecule has 6 N–H and O–H groups in total. The maximum Gasteiger partial charge on any atom is 0.416 e. The second-order valence-electron chi connectivity index (χ2n) is 8.87. The molecule has 1 aromatic heterocycles. The highest BCUT2D eigenvalue weighted by molar-refractivity contribution is 5.98. The number of nitrogens with zero attached hydrogens (tertiary/aromatic N) is 3. The highest BCUT2D eigenvalue weighted by Crippen LogP contribution is 2.36. The van der Waals surface area contributed by atoms with Gasteiger partial charge in [0.1, 0.15) is 11.4 Å². The summed E-state index contributed by atoms with van der Waals surface area (Å²) in [4.78, 5) is 34.0. The number of halogens is 3. The molecule has 12 heteroatoms. The number of primary amides is 1. The summed E-state index contributed by atoms with van der Waals surface area (Å²) in [5, 5.41) is 5.44. The van der Waals surface area contributed by atoms with E-state index in [9.17, 15) is 22.8 Å². The first kappa shape index (κ1) is 25.2. The second-order valence-corrected chi connectivity index (χ2v) is 8.87. The molecule has 1 aliphatic heterocycles. The van der Waals surface area contributed by atoms with Crippen molar-refractivity contribution in [1.82, 2.24) is 15.3 Å². The zero-order valence-electron chi connectivity index (χ0n) is 19.2. The highest BCUT2D eigenvalue weighted by atomic mass is 19.4. The van der Waals surface area contributed by atoms with Crippen molar-refractivity contribution in [3.8, 4) is 0 Å². The predicted molar refractivity (Wildman–Crippen MR) is 122 cm³/mol. The number of anilines is 3. The molecule has 1 aromatic carbocycles. The van der Waals surface area contributed by atoms with E-state index in [1.807, 2.05) is 4.90 Å². The van der Waals surface area contributed by atoms with Gasteiger partial charge < -0.3 is 27.0 Å². The zero-order valence-corrected chi connectivity index (χ0v) is 19.2. The summed E-state index contributed by atoms with van der Waals surface area (Å²) in [6, 6.07) is 3.26. The number of hydrogen-bond donors (Lipinski definition) is 4. The Morgan fingerprint density at radius 3 is 2.44 bits per heavy atom. The molecule has 0 spiro atoms. The lowest BCUT2D eigenvalue weighted by Crippen LogP contribution is -2.43. The van der Waals surface area contributed by atoms with Gasteiger partial charge in [0.2, 0.25) is 11.9 Å². The quantitative estimate of drug-likeness (QED) is 0.499. The molecule has 0 saturated carbocycles. The third-order valence-corrected chi connectivity index (χ3v) is 5.52. The first-order valence-electron chi connectivity index (χ1n) is 10.7. The van der Waals surface area contributed by atoms with Crippen LogP contribution in [0, 0.1) is 0 Å². The molecule has 34 heavy (non-hydrogen) atoms. The monoisotopic (exact) mass is 479 g/mol. The van der Waals surface area contributed by atoms with Crippen LogP contribution in [0.2, 0.25) is 0 Å². The van der Waals surface area contributed by atoms with E-state index in [0.717, 1.165) is 25.0 Å². The molecule has 2 heterocycles. The summed E-state index contributed by atoms with van der Waals surface area (Å²) < 4.78 is 41.0. The predicted octanol–water partition coefficient (Wildman–Crippen LogP) is 2.64. The molecule has 2 aromatic rings. The van der Waals surface area contributed by atoms with Crippen LogP contribution in [-0.4, -0.2) is 40.9 Å². The van der Waals surface area contributed by atoms with E-state index in [0.29, 0.717) is 13.1 Å². The number of alkyl halides is 3. The third-order valence-electron chi connectivity index (χ3n) is 5.52. The summed E-state index contributed by atoms with van der Waals surface area (Å²) in [5.74, 6) is -0.976. The van der Waals surface area contributed by atoms with Crippen molar-refractivity contribution in [1.29, 1.82) is 0 Å². The molecule has 1 fully saturated rings. The van der Waals surface area contributed by atoms with Gasteiger partial charge >= 0.3 is 6.18 Å². The number of piperidine rings is 1. The first-order valence-corrected chi connectivity index (χ1v) is 10.7. The Hall–Kier alpha value is -3.41. The average Bonchev–Trinajstić information content (AvgIpc) is 2.72. The van der Waals surface area contributed by atoms with Crippen LogP contribution >= 0.6 is 0 Å². The summed E-state index contributed by atoms with van der Waals surface area (Å²) in [5.41, 5.74) is 9.60. The fourth-order valence-corrected chi connectivity index (χ4v) is 3.87. The summed E-state index contributed by atoms with van der Waals surface area (Å²) in [6.45, 7) is 5.62. The minimum atomic E-state index is -4.65. The van der Waals surface area contributed by atoms with E-state index in [-0.39, 0.29) is 34.6 Å². The van der Waals surface area contributed by atoms with Gasteiger partial charge in [0.25, 0.3) is 5.91 Å². The van der Waals surface area contributed by atoms with E-state index >= 15 is 0 Å². The molecule has 3 rings (SSSR count). The molecule has 184 valence electrons. The smallest absolute Gasteiger partial charge is 0.365 e. The van der Waals surface area contributed by atoms with Gasteiger partial charge in [-0.3, -0.25) is 9.59 Å². The summed E-state index contributed by atoms with van der Waals surface area (Å²) >= 11 is 0. The van der Waals surface area contributed by atoms with Crippen molar-refractivity contribution >= 4 is 29.3 Å². The standard InChI is InChI=1S/C22H28F3N7O2/c1-12(33)31-21(2,3)13-7-14(22(23,24)25)9-16(8-13)29-19-17(18(27)34)10-28-20(30-19)32-6-4-5-15(26)11-32/h7-10,15H,4-6,11,26H2,1-3H3,(H2,27,34)(H,31,33)(H,28,29,30). The van der Waals surface area contributed by atoms with Crippen molar-refractivity contribution in [2.45, 2.75) is 51.4 Å². The lowest BCUT2D eigenvalue weighted by atomic mass is 9.92. The van der Waals surface area contributed by atoms with Crippen molar-refractivity contribution in [2.24, 2.45) is 11.5 Å². The molecule has 0 bridgehead atoms. The van der Waals surface area contributed by atoms with E-state index in [2.05, 4.69) is 20.6 Å². The van der Waals surface area contributed by atoms with Crippen LogP contribution in [0.25, 0.3) is 0 Å². The van der Waals surface area contributed by atoms with Crippen molar-refractivity contribution < 1.29 is 22.8 Å². The molecule has 9 nitrogen and oxygen atoms in total.